The second-order valence-electron chi connectivity index (χ2n) is 18.9. The van der Waals surface area contributed by atoms with Crippen LogP contribution in [-0.4, -0.2) is 73.4 Å². The molecule has 3 unspecified atom stereocenters. The van der Waals surface area contributed by atoms with Crippen molar-refractivity contribution in [1.82, 2.24) is 5.32 Å². The maximum Gasteiger partial charge on any atom is 0.472 e. The molecule has 0 fully saturated rings. The van der Waals surface area contributed by atoms with Gasteiger partial charge in [0.05, 0.1) is 39.9 Å². The van der Waals surface area contributed by atoms with Crippen molar-refractivity contribution in [2.45, 2.75) is 231 Å². The van der Waals surface area contributed by atoms with Crippen LogP contribution in [0.3, 0.4) is 0 Å². The lowest BCUT2D eigenvalue weighted by atomic mass is 10.0. The molecule has 0 aliphatic carbocycles. The number of nitrogens with zero attached hydrogens (tertiary/aromatic N) is 1. The quantitative estimate of drug-likeness (QED) is 0.0243. The Hall–Kier alpha value is -2.06. The summed E-state index contributed by atoms with van der Waals surface area (Å²) < 4.78 is 23.6. The predicted molar refractivity (Wildman–Crippen MR) is 276 cm³/mol. The zero-order chi connectivity index (χ0) is 47.1. The van der Waals surface area contributed by atoms with Gasteiger partial charge in [0.15, 0.2) is 0 Å². The molecule has 0 spiro atoms. The number of aliphatic hydroxyl groups excluding tert-OH is 1. The number of phosphoric ester groups is 1. The highest BCUT2D eigenvalue weighted by Crippen LogP contribution is 2.43. The predicted octanol–water partition coefficient (Wildman–Crippen LogP) is 15.5. The molecule has 372 valence electrons. The Morgan fingerprint density at radius 1 is 0.547 bits per heavy atom. The van der Waals surface area contributed by atoms with E-state index in [2.05, 4.69) is 79.9 Å². The third-order valence-corrected chi connectivity index (χ3v) is 12.4. The lowest BCUT2D eigenvalue weighted by Gasteiger charge is -2.25. The van der Waals surface area contributed by atoms with Crippen LogP contribution >= 0.6 is 7.82 Å². The Morgan fingerprint density at radius 3 is 1.44 bits per heavy atom. The molecule has 0 aliphatic heterocycles. The summed E-state index contributed by atoms with van der Waals surface area (Å²) >= 11 is 0. The average molecular weight is 918 g/mol. The molecule has 0 saturated carbocycles. The van der Waals surface area contributed by atoms with Crippen LogP contribution < -0.4 is 5.32 Å². The number of amides is 1. The molecule has 0 aliphatic rings. The van der Waals surface area contributed by atoms with Crippen molar-refractivity contribution >= 4 is 13.7 Å². The zero-order valence-electron chi connectivity index (χ0n) is 42.3. The summed E-state index contributed by atoms with van der Waals surface area (Å²) in [7, 11) is 1.54. The minimum atomic E-state index is -4.36. The van der Waals surface area contributed by atoms with Crippen molar-refractivity contribution in [2.24, 2.45) is 0 Å². The molecule has 1 amide bonds. The first-order valence-corrected chi connectivity index (χ1v) is 27.8. The molecule has 9 heteroatoms. The lowest BCUT2D eigenvalue weighted by Crippen LogP contribution is -2.45. The summed E-state index contributed by atoms with van der Waals surface area (Å²) in [5, 5.41) is 13.9. The van der Waals surface area contributed by atoms with Gasteiger partial charge >= 0.3 is 7.82 Å². The van der Waals surface area contributed by atoms with Crippen molar-refractivity contribution < 1.29 is 32.9 Å². The Kier molecular flexibility index (Phi) is 44.6. The van der Waals surface area contributed by atoms with Gasteiger partial charge in [0.1, 0.15) is 13.2 Å². The Labute approximate surface area is 395 Å². The maximum absolute atomic E-state index is 12.9. The largest absolute Gasteiger partial charge is 0.472 e. The third kappa shape index (κ3) is 47.9. The number of hydrogen-bond acceptors (Lipinski definition) is 5. The minimum Gasteiger partial charge on any atom is -0.387 e. The van der Waals surface area contributed by atoms with Crippen LogP contribution in [0.15, 0.2) is 72.9 Å². The number of phosphoric acid groups is 1. The summed E-state index contributed by atoms with van der Waals surface area (Å²) in [6.07, 6.45) is 62.7. The third-order valence-electron chi connectivity index (χ3n) is 11.4. The van der Waals surface area contributed by atoms with E-state index >= 15 is 0 Å². The van der Waals surface area contributed by atoms with E-state index in [1.165, 1.54) is 128 Å². The molecule has 64 heavy (non-hydrogen) atoms. The Balaban J connectivity index is 4.37. The molecule has 0 saturated heterocycles. The van der Waals surface area contributed by atoms with Gasteiger partial charge < -0.3 is 19.8 Å². The van der Waals surface area contributed by atoms with Gasteiger partial charge in [0.25, 0.3) is 0 Å². The Bertz CT molecular complexity index is 1270. The fraction of sp³-hybridized carbons (Fsp3) is 0.764. The van der Waals surface area contributed by atoms with E-state index < -0.39 is 20.0 Å². The maximum atomic E-state index is 12.9. The van der Waals surface area contributed by atoms with Crippen LogP contribution in [0.25, 0.3) is 0 Å². The number of carbonyl (C=O) groups excluding carboxylic acids is 1. The highest BCUT2D eigenvalue weighted by atomic mass is 31.2. The number of carbonyl (C=O) groups is 1. The van der Waals surface area contributed by atoms with E-state index in [1.54, 1.807) is 6.08 Å². The molecule has 0 aromatic rings. The van der Waals surface area contributed by atoms with Gasteiger partial charge in [-0.3, -0.25) is 13.8 Å². The number of aliphatic hydroxyl groups is 1. The Morgan fingerprint density at radius 2 is 0.953 bits per heavy atom. The van der Waals surface area contributed by atoms with Crippen LogP contribution in [0.5, 0.6) is 0 Å². The average Bonchev–Trinajstić information content (AvgIpc) is 3.25. The number of rotatable bonds is 47. The fourth-order valence-corrected chi connectivity index (χ4v) is 8.02. The molecule has 0 bridgehead atoms. The van der Waals surface area contributed by atoms with Gasteiger partial charge in [0.2, 0.25) is 5.91 Å². The molecule has 0 aromatic heterocycles. The van der Waals surface area contributed by atoms with Crippen LogP contribution in [0.2, 0.25) is 0 Å². The van der Waals surface area contributed by atoms with Gasteiger partial charge in [-0.2, -0.15) is 0 Å². The molecule has 0 aromatic carbocycles. The van der Waals surface area contributed by atoms with Crippen LogP contribution in [0, 0.1) is 0 Å². The first kappa shape index (κ1) is 61.9. The van der Waals surface area contributed by atoms with E-state index in [4.69, 9.17) is 9.05 Å². The van der Waals surface area contributed by atoms with Crippen molar-refractivity contribution in [2.75, 3.05) is 40.9 Å². The molecule has 3 N–H and O–H groups in total. The van der Waals surface area contributed by atoms with Gasteiger partial charge in [-0.05, 0) is 70.6 Å². The number of quaternary nitrogens is 1. The van der Waals surface area contributed by atoms with E-state index in [0.29, 0.717) is 17.4 Å². The topological polar surface area (TPSA) is 105 Å². The number of likely N-dealkylation sites (N-methyl/N-ethyl adjacent to an activating group) is 1. The first-order valence-electron chi connectivity index (χ1n) is 26.3. The number of hydrogen-bond donors (Lipinski definition) is 3. The first-order chi connectivity index (χ1) is 31.0. The number of allylic oxidation sites excluding steroid dienone is 11. The minimum absolute atomic E-state index is 0.0513. The molecule has 3 atom stereocenters. The van der Waals surface area contributed by atoms with Crippen molar-refractivity contribution in [3.8, 4) is 0 Å². The standard InChI is InChI=1S/C55H101N2O6P/c1-6-8-10-12-14-16-18-20-22-24-26-28-30-32-34-36-38-40-42-44-46-48-54(58)53(52-63-64(60,61)62-51-50-57(3,4)5)56-55(59)49-47-45-43-41-39-37-35-33-31-29-27-25-23-21-19-17-15-13-11-9-7-2/h9,11,15,17,21,23,27,29,38,40,46,48,53-54,58H,6-8,10,12-14,16,18-20,22,24-26,28,30-37,39,41-45,47,49-52H2,1-5H3,(H-,56,59,60,61)/p+1/b11-9-,17-15-,23-21-,29-27-,40-38+,48-46+. The number of nitrogens with one attached hydrogen (secondary N) is 1. The molecule has 8 nitrogen and oxygen atoms in total. The zero-order valence-corrected chi connectivity index (χ0v) is 43.1. The second-order valence-corrected chi connectivity index (χ2v) is 20.3. The molecule has 0 rings (SSSR count). The van der Waals surface area contributed by atoms with E-state index in [9.17, 15) is 19.4 Å². The van der Waals surface area contributed by atoms with E-state index in [0.717, 1.165) is 70.6 Å². The monoisotopic (exact) mass is 918 g/mol. The molecule has 0 heterocycles. The van der Waals surface area contributed by atoms with Gasteiger partial charge in [-0.25, -0.2) is 4.57 Å². The fourth-order valence-electron chi connectivity index (χ4n) is 7.28. The number of unbranched alkanes of at least 4 members (excludes halogenated alkanes) is 24. The normalized spacial score (nSPS) is 14.7. The van der Waals surface area contributed by atoms with Gasteiger partial charge in [0, 0.05) is 6.42 Å². The summed E-state index contributed by atoms with van der Waals surface area (Å²) in [5.74, 6) is -0.197. The van der Waals surface area contributed by atoms with E-state index in [-0.39, 0.29) is 19.1 Å². The van der Waals surface area contributed by atoms with Crippen molar-refractivity contribution in [1.29, 1.82) is 0 Å². The van der Waals surface area contributed by atoms with E-state index in [1.807, 2.05) is 27.2 Å². The van der Waals surface area contributed by atoms with Crippen LogP contribution in [-0.2, 0) is 18.4 Å². The highest BCUT2D eigenvalue weighted by Gasteiger charge is 2.27. The van der Waals surface area contributed by atoms with Crippen molar-refractivity contribution in [3.05, 3.63) is 72.9 Å². The second kappa shape index (κ2) is 46.1. The summed E-state index contributed by atoms with van der Waals surface area (Å²) in [4.78, 5) is 23.2. The van der Waals surface area contributed by atoms with Crippen LogP contribution in [0.4, 0.5) is 0 Å². The van der Waals surface area contributed by atoms with Crippen molar-refractivity contribution in [3.63, 3.8) is 0 Å². The summed E-state index contributed by atoms with van der Waals surface area (Å²) in [5.41, 5.74) is 0. The molecular weight excluding hydrogens is 816 g/mol. The summed E-state index contributed by atoms with van der Waals surface area (Å²) in [6.45, 7) is 4.68. The van der Waals surface area contributed by atoms with Gasteiger partial charge in [-0.1, -0.05) is 215 Å². The summed E-state index contributed by atoms with van der Waals surface area (Å²) in [6, 6.07) is -0.872. The smallest absolute Gasteiger partial charge is 0.387 e. The van der Waals surface area contributed by atoms with Crippen LogP contribution in [0.1, 0.15) is 219 Å². The SMILES string of the molecule is CC/C=C\C/C=C\C/C=C\C/C=C\CCCCCCCCCCC(=O)NC(COP(=O)(O)OCC[N+](C)(C)C)C(O)/C=C/CC/C=C/CCCCCCCCCCCCCCCCC. The lowest BCUT2D eigenvalue weighted by molar-refractivity contribution is -0.870. The molecular formula is C55H102N2O6P+. The highest BCUT2D eigenvalue weighted by molar-refractivity contribution is 7.47. The van der Waals surface area contributed by atoms with Gasteiger partial charge in [-0.15, -0.1) is 0 Å². The molecule has 0 radical (unpaired) electrons.